The zero-order chi connectivity index (χ0) is 18.1. The Morgan fingerprint density at radius 3 is 2.52 bits per heavy atom. The van der Waals surface area contributed by atoms with Gasteiger partial charge in [-0.2, -0.15) is 5.10 Å². The number of rotatable bonds is 9. The molecule has 1 aromatic heterocycles. The molecule has 2 unspecified atom stereocenters. The highest BCUT2D eigenvalue weighted by Crippen LogP contribution is 2.06. The molecular weight excluding hydrogens is 314 g/mol. The average Bonchev–Trinajstić information content (AvgIpc) is 3.10. The van der Waals surface area contributed by atoms with Crippen molar-refractivity contribution in [3.05, 3.63) is 54.4 Å². The number of hydrogen-bond acceptors (Lipinski definition) is 3. The summed E-state index contributed by atoms with van der Waals surface area (Å²) in [4.78, 5) is 14.2. The number of amides is 2. The summed E-state index contributed by atoms with van der Waals surface area (Å²) in [5.74, 6) is 0.319. The summed E-state index contributed by atoms with van der Waals surface area (Å²) in [7, 11) is 4.08. The SMILES string of the molecule is CC(CNC(=O)NCC(Cc1ccccc1)N(C)C)Cn1cccn1. The third kappa shape index (κ3) is 6.97. The normalized spacial score (nSPS) is 13.4. The van der Waals surface area contributed by atoms with Gasteiger partial charge in [-0.3, -0.25) is 4.68 Å². The molecule has 2 amide bonds. The molecule has 0 aliphatic rings. The molecule has 2 aromatic rings. The van der Waals surface area contributed by atoms with Crippen LogP contribution in [0.25, 0.3) is 0 Å². The molecule has 0 aliphatic carbocycles. The summed E-state index contributed by atoms with van der Waals surface area (Å²) < 4.78 is 1.88. The number of likely N-dealkylation sites (N-methyl/N-ethyl adjacent to an activating group) is 1. The monoisotopic (exact) mass is 343 g/mol. The highest BCUT2D eigenvalue weighted by Gasteiger charge is 2.14. The van der Waals surface area contributed by atoms with E-state index < -0.39 is 0 Å². The maximum atomic E-state index is 12.1. The Morgan fingerprint density at radius 1 is 1.16 bits per heavy atom. The number of carbonyl (C=O) groups excluding carboxylic acids is 1. The van der Waals surface area contributed by atoms with Crippen LogP contribution in [0, 0.1) is 5.92 Å². The minimum atomic E-state index is -0.118. The minimum Gasteiger partial charge on any atom is -0.338 e. The van der Waals surface area contributed by atoms with Gasteiger partial charge in [0.1, 0.15) is 0 Å². The average molecular weight is 343 g/mol. The lowest BCUT2D eigenvalue weighted by Crippen LogP contribution is -2.46. The lowest BCUT2D eigenvalue weighted by Gasteiger charge is -2.25. The van der Waals surface area contributed by atoms with Crippen molar-refractivity contribution in [2.75, 3.05) is 27.2 Å². The molecule has 0 aliphatic heterocycles. The number of hydrogen-bond donors (Lipinski definition) is 2. The van der Waals surface area contributed by atoms with Crippen LogP contribution in [0.1, 0.15) is 12.5 Å². The van der Waals surface area contributed by atoms with Gasteiger partial charge in [0.05, 0.1) is 0 Å². The van der Waals surface area contributed by atoms with Crippen LogP contribution < -0.4 is 10.6 Å². The first-order chi connectivity index (χ1) is 12.0. The standard InChI is InChI=1S/C19H29N5O/c1-16(15-24-11-7-10-22-24)13-20-19(25)21-14-18(23(2)3)12-17-8-5-4-6-9-17/h4-11,16,18H,12-15H2,1-3H3,(H2,20,21,25). The van der Waals surface area contributed by atoms with Gasteiger partial charge in [0.25, 0.3) is 0 Å². The van der Waals surface area contributed by atoms with Crippen molar-refractivity contribution in [2.45, 2.75) is 25.9 Å². The van der Waals surface area contributed by atoms with Gasteiger partial charge < -0.3 is 15.5 Å². The van der Waals surface area contributed by atoms with Gasteiger partial charge in [0, 0.05) is 38.1 Å². The van der Waals surface area contributed by atoms with E-state index in [1.54, 1.807) is 6.20 Å². The summed E-state index contributed by atoms with van der Waals surface area (Å²) in [5.41, 5.74) is 1.27. The van der Waals surface area contributed by atoms with Crippen molar-refractivity contribution in [1.82, 2.24) is 25.3 Å². The Morgan fingerprint density at radius 2 is 1.88 bits per heavy atom. The zero-order valence-electron chi connectivity index (χ0n) is 15.4. The van der Waals surface area contributed by atoms with Crippen LogP contribution in [0.2, 0.25) is 0 Å². The van der Waals surface area contributed by atoms with Crippen molar-refractivity contribution in [3.63, 3.8) is 0 Å². The second-order valence-electron chi connectivity index (χ2n) is 6.73. The number of nitrogens with zero attached hydrogens (tertiary/aromatic N) is 3. The summed E-state index contributed by atoms with van der Waals surface area (Å²) in [6, 6.07) is 12.4. The number of benzene rings is 1. The summed E-state index contributed by atoms with van der Waals surface area (Å²) >= 11 is 0. The fourth-order valence-corrected chi connectivity index (χ4v) is 2.66. The van der Waals surface area contributed by atoms with Gasteiger partial charge in [-0.05, 0) is 38.1 Å². The Bertz CT molecular complexity index is 612. The lowest BCUT2D eigenvalue weighted by atomic mass is 10.1. The molecule has 6 nitrogen and oxygen atoms in total. The molecule has 1 heterocycles. The second kappa shape index (κ2) is 9.84. The fourth-order valence-electron chi connectivity index (χ4n) is 2.66. The third-order valence-corrected chi connectivity index (χ3v) is 4.21. The van der Waals surface area contributed by atoms with Gasteiger partial charge >= 0.3 is 6.03 Å². The van der Waals surface area contributed by atoms with E-state index in [1.807, 2.05) is 49.2 Å². The van der Waals surface area contributed by atoms with E-state index in [0.717, 1.165) is 13.0 Å². The molecule has 0 saturated heterocycles. The maximum absolute atomic E-state index is 12.1. The molecule has 2 N–H and O–H groups in total. The Labute approximate surface area is 150 Å². The molecule has 2 atom stereocenters. The summed E-state index contributed by atoms with van der Waals surface area (Å²) in [6.07, 6.45) is 4.60. The van der Waals surface area contributed by atoms with Crippen LogP contribution >= 0.6 is 0 Å². The van der Waals surface area contributed by atoms with E-state index in [1.165, 1.54) is 5.56 Å². The van der Waals surface area contributed by atoms with E-state index in [2.05, 4.69) is 39.7 Å². The van der Waals surface area contributed by atoms with E-state index in [-0.39, 0.29) is 12.1 Å². The van der Waals surface area contributed by atoms with E-state index in [9.17, 15) is 4.79 Å². The topological polar surface area (TPSA) is 62.2 Å². The fraction of sp³-hybridized carbons (Fsp3) is 0.474. The van der Waals surface area contributed by atoms with Crippen molar-refractivity contribution in [2.24, 2.45) is 5.92 Å². The summed E-state index contributed by atoms with van der Waals surface area (Å²) in [6.45, 7) is 4.12. The van der Waals surface area contributed by atoms with Crippen LogP contribution in [0.3, 0.4) is 0 Å². The first-order valence-electron chi connectivity index (χ1n) is 8.74. The van der Waals surface area contributed by atoms with Crippen LogP contribution in [0.15, 0.2) is 48.8 Å². The Kier molecular flexibility index (Phi) is 7.47. The molecular formula is C19H29N5O. The van der Waals surface area contributed by atoms with Gasteiger partial charge in [0.2, 0.25) is 0 Å². The molecule has 6 heteroatoms. The van der Waals surface area contributed by atoms with Crippen molar-refractivity contribution < 1.29 is 4.79 Å². The first-order valence-corrected chi connectivity index (χ1v) is 8.74. The maximum Gasteiger partial charge on any atom is 0.314 e. The molecule has 2 rings (SSSR count). The highest BCUT2D eigenvalue weighted by atomic mass is 16.2. The van der Waals surface area contributed by atoms with E-state index in [4.69, 9.17) is 0 Å². The van der Waals surface area contributed by atoms with E-state index in [0.29, 0.717) is 19.0 Å². The second-order valence-corrected chi connectivity index (χ2v) is 6.73. The minimum absolute atomic E-state index is 0.118. The summed E-state index contributed by atoms with van der Waals surface area (Å²) in [5, 5.41) is 10.1. The van der Waals surface area contributed by atoms with Gasteiger partial charge in [-0.1, -0.05) is 37.3 Å². The third-order valence-electron chi connectivity index (χ3n) is 4.21. The number of urea groups is 1. The van der Waals surface area contributed by atoms with Crippen LogP contribution in [0.4, 0.5) is 4.79 Å². The Hall–Kier alpha value is -2.34. The molecule has 0 saturated carbocycles. The number of aromatic nitrogens is 2. The van der Waals surface area contributed by atoms with E-state index >= 15 is 0 Å². The molecule has 25 heavy (non-hydrogen) atoms. The molecule has 0 radical (unpaired) electrons. The van der Waals surface area contributed by atoms with Gasteiger partial charge in [-0.15, -0.1) is 0 Å². The van der Waals surface area contributed by atoms with Gasteiger partial charge in [-0.25, -0.2) is 4.79 Å². The molecule has 136 valence electrons. The highest BCUT2D eigenvalue weighted by molar-refractivity contribution is 5.73. The number of carbonyl (C=O) groups is 1. The van der Waals surface area contributed by atoms with Gasteiger partial charge in [0.15, 0.2) is 0 Å². The lowest BCUT2D eigenvalue weighted by molar-refractivity contribution is 0.229. The largest absolute Gasteiger partial charge is 0.338 e. The van der Waals surface area contributed by atoms with Crippen LogP contribution in [-0.2, 0) is 13.0 Å². The van der Waals surface area contributed by atoms with Crippen LogP contribution in [0.5, 0.6) is 0 Å². The van der Waals surface area contributed by atoms with Crippen molar-refractivity contribution >= 4 is 6.03 Å². The zero-order valence-corrected chi connectivity index (χ0v) is 15.4. The van der Waals surface area contributed by atoms with Crippen molar-refractivity contribution in [3.8, 4) is 0 Å². The molecule has 0 bridgehead atoms. The van der Waals surface area contributed by atoms with Crippen molar-refractivity contribution in [1.29, 1.82) is 0 Å². The Balaban J connectivity index is 1.71. The smallest absolute Gasteiger partial charge is 0.314 e. The molecule has 0 spiro atoms. The van der Waals surface area contributed by atoms with Crippen LogP contribution in [-0.4, -0.2) is 53.9 Å². The molecule has 0 fully saturated rings. The first kappa shape index (κ1) is 19.0. The quantitative estimate of drug-likeness (QED) is 0.732. The predicted octanol–water partition coefficient (Wildman–Crippen LogP) is 1.99. The number of nitrogens with one attached hydrogen (secondary N) is 2. The predicted molar refractivity (Wildman–Crippen MR) is 100 cm³/mol. The molecule has 1 aromatic carbocycles.